The summed E-state index contributed by atoms with van der Waals surface area (Å²) in [4.78, 5) is 7.82. The predicted molar refractivity (Wildman–Crippen MR) is 66.3 cm³/mol. The zero-order valence-electron chi connectivity index (χ0n) is 9.19. The Morgan fingerprint density at radius 3 is 2.59 bits per heavy atom. The highest BCUT2D eigenvalue weighted by atomic mass is 35.5. The molecule has 1 aromatic heterocycles. The van der Waals surface area contributed by atoms with Gasteiger partial charge in [0, 0.05) is 5.69 Å². The van der Waals surface area contributed by atoms with Crippen molar-refractivity contribution < 1.29 is 4.39 Å². The van der Waals surface area contributed by atoms with Crippen LogP contribution in [0.5, 0.6) is 0 Å². The summed E-state index contributed by atoms with van der Waals surface area (Å²) in [6.45, 7) is 1.39. The van der Waals surface area contributed by atoms with Crippen LogP contribution >= 0.6 is 11.6 Å². The van der Waals surface area contributed by atoms with Crippen molar-refractivity contribution in [2.24, 2.45) is 0 Å². The SMILES string of the molecule is CC(F)c1ncnc(Nc2ccccc2)c1Cl. The molecule has 0 saturated heterocycles. The van der Waals surface area contributed by atoms with Gasteiger partial charge in [-0.15, -0.1) is 0 Å². The van der Waals surface area contributed by atoms with Gasteiger partial charge in [-0.25, -0.2) is 14.4 Å². The van der Waals surface area contributed by atoms with Crippen molar-refractivity contribution in [2.45, 2.75) is 13.1 Å². The number of halogens is 2. The fourth-order valence-corrected chi connectivity index (χ4v) is 1.70. The van der Waals surface area contributed by atoms with Crippen molar-refractivity contribution in [3.8, 4) is 0 Å². The minimum atomic E-state index is -1.22. The van der Waals surface area contributed by atoms with Gasteiger partial charge in [-0.1, -0.05) is 29.8 Å². The molecule has 0 aliphatic carbocycles. The third-order valence-corrected chi connectivity index (χ3v) is 2.60. The first kappa shape index (κ1) is 11.8. The lowest BCUT2D eigenvalue weighted by molar-refractivity contribution is 0.365. The van der Waals surface area contributed by atoms with E-state index in [2.05, 4.69) is 15.3 Å². The van der Waals surface area contributed by atoms with Gasteiger partial charge in [-0.3, -0.25) is 0 Å². The number of benzene rings is 1. The number of nitrogens with zero attached hydrogens (tertiary/aromatic N) is 2. The molecule has 17 heavy (non-hydrogen) atoms. The lowest BCUT2D eigenvalue weighted by Crippen LogP contribution is -2.00. The van der Waals surface area contributed by atoms with Crippen LogP contribution in [-0.4, -0.2) is 9.97 Å². The van der Waals surface area contributed by atoms with E-state index in [1.54, 1.807) is 0 Å². The highest BCUT2D eigenvalue weighted by molar-refractivity contribution is 6.33. The smallest absolute Gasteiger partial charge is 0.153 e. The molecule has 1 N–H and O–H groups in total. The van der Waals surface area contributed by atoms with Crippen molar-refractivity contribution in [1.82, 2.24) is 9.97 Å². The normalized spacial score (nSPS) is 12.2. The Morgan fingerprint density at radius 1 is 1.24 bits per heavy atom. The lowest BCUT2D eigenvalue weighted by atomic mass is 10.2. The zero-order chi connectivity index (χ0) is 12.3. The molecule has 1 aromatic carbocycles. The Balaban J connectivity index is 2.31. The van der Waals surface area contributed by atoms with Gasteiger partial charge in [0.15, 0.2) is 5.82 Å². The van der Waals surface area contributed by atoms with Crippen LogP contribution in [0.4, 0.5) is 15.9 Å². The molecule has 0 aliphatic rings. The number of para-hydroxylation sites is 1. The average molecular weight is 252 g/mol. The largest absolute Gasteiger partial charge is 0.339 e. The summed E-state index contributed by atoms with van der Waals surface area (Å²) in [7, 11) is 0. The van der Waals surface area contributed by atoms with E-state index in [0.717, 1.165) is 5.69 Å². The second-order valence-corrected chi connectivity index (χ2v) is 3.91. The maximum absolute atomic E-state index is 13.2. The van der Waals surface area contributed by atoms with E-state index in [-0.39, 0.29) is 10.7 Å². The maximum atomic E-state index is 13.2. The summed E-state index contributed by atoms with van der Waals surface area (Å²) in [6.07, 6.45) is 0.0737. The molecule has 5 heteroatoms. The number of aromatic nitrogens is 2. The van der Waals surface area contributed by atoms with E-state index in [0.29, 0.717) is 5.82 Å². The van der Waals surface area contributed by atoms with Gasteiger partial charge >= 0.3 is 0 Å². The highest BCUT2D eigenvalue weighted by Gasteiger charge is 2.14. The summed E-state index contributed by atoms with van der Waals surface area (Å²) >= 11 is 6.03. The van der Waals surface area contributed by atoms with E-state index < -0.39 is 6.17 Å². The van der Waals surface area contributed by atoms with Gasteiger partial charge in [-0.2, -0.15) is 0 Å². The van der Waals surface area contributed by atoms with Crippen LogP contribution in [0.25, 0.3) is 0 Å². The third-order valence-electron chi connectivity index (χ3n) is 2.23. The summed E-state index contributed by atoms with van der Waals surface area (Å²) in [6, 6.07) is 9.42. The van der Waals surface area contributed by atoms with Gasteiger partial charge < -0.3 is 5.32 Å². The molecule has 2 rings (SSSR count). The van der Waals surface area contributed by atoms with E-state index in [9.17, 15) is 4.39 Å². The summed E-state index contributed by atoms with van der Waals surface area (Å²) in [5.74, 6) is 0.410. The predicted octanol–water partition coefficient (Wildman–Crippen LogP) is 3.90. The summed E-state index contributed by atoms with van der Waals surface area (Å²) in [5.41, 5.74) is 1.03. The number of hydrogen-bond donors (Lipinski definition) is 1. The van der Waals surface area contributed by atoms with Gasteiger partial charge in [0.1, 0.15) is 17.5 Å². The van der Waals surface area contributed by atoms with Crippen molar-refractivity contribution in [2.75, 3.05) is 5.32 Å². The number of anilines is 2. The molecular formula is C12H11ClFN3. The van der Waals surface area contributed by atoms with E-state index >= 15 is 0 Å². The summed E-state index contributed by atoms with van der Waals surface area (Å²) < 4.78 is 13.2. The first-order valence-electron chi connectivity index (χ1n) is 5.15. The first-order chi connectivity index (χ1) is 8.18. The van der Waals surface area contributed by atoms with Gasteiger partial charge in [-0.05, 0) is 19.1 Å². The molecular weight excluding hydrogens is 241 g/mol. The number of rotatable bonds is 3. The standard InChI is InChI=1S/C12H11ClFN3/c1-8(14)11-10(13)12(16-7-15-11)17-9-5-3-2-4-6-9/h2-8H,1H3,(H,15,16,17). The first-order valence-corrected chi connectivity index (χ1v) is 5.53. The molecule has 0 aliphatic heterocycles. The molecule has 0 spiro atoms. The van der Waals surface area contributed by atoms with Gasteiger partial charge in [0.25, 0.3) is 0 Å². The van der Waals surface area contributed by atoms with Crippen molar-refractivity contribution >= 4 is 23.1 Å². The Hall–Kier alpha value is -1.68. The van der Waals surface area contributed by atoms with Crippen LogP contribution in [0.1, 0.15) is 18.8 Å². The number of alkyl halides is 1. The van der Waals surface area contributed by atoms with Crippen LogP contribution in [0.3, 0.4) is 0 Å². The van der Waals surface area contributed by atoms with Crippen LogP contribution in [0, 0.1) is 0 Å². The molecule has 0 bridgehead atoms. The summed E-state index contributed by atoms with van der Waals surface area (Å²) in [5, 5.41) is 3.23. The molecule has 3 nitrogen and oxygen atoms in total. The lowest BCUT2D eigenvalue weighted by Gasteiger charge is -2.10. The highest BCUT2D eigenvalue weighted by Crippen LogP contribution is 2.29. The fourth-order valence-electron chi connectivity index (χ4n) is 1.41. The Bertz CT molecular complexity index is 502. The molecule has 0 amide bonds. The number of hydrogen-bond acceptors (Lipinski definition) is 3. The maximum Gasteiger partial charge on any atom is 0.153 e. The van der Waals surface area contributed by atoms with Crippen LogP contribution < -0.4 is 5.32 Å². The quantitative estimate of drug-likeness (QED) is 0.899. The molecule has 0 radical (unpaired) electrons. The minimum Gasteiger partial charge on any atom is -0.339 e. The van der Waals surface area contributed by atoms with E-state index in [1.165, 1.54) is 13.3 Å². The Labute approximate surface area is 104 Å². The van der Waals surface area contributed by atoms with Gasteiger partial charge in [0.2, 0.25) is 0 Å². The van der Waals surface area contributed by atoms with Crippen molar-refractivity contribution in [3.05, 3.63) is 47.4 Å². The average Bonchev–Trinajstić information content (AvgIpc) is 2.33. The van der Waals surface area contributed by atoms with Crippen LogP contribution in [0.2, 0.25) is 5.02 Å². The van der Waals surface area contributed by atoms with Crippen LogP contribution in [0.15, 0.2) is 36.7 Å². The minimum absolute atomic E-state index is 0.195. The monoisotopic (exact) mass is 251 g/mol. The molecule has 2 aromatic rings. The topological polar surface area (TPSA) is 37.8 Å². The third kappa shape index (κ3) is 2.71. The van der Waals surface area contributed by atoms with E-state index in [4.69, 9.17) is 11.6 Å². The second-order valence-electron chi connectivity index (χ2n) is 3.53. The van der Waals surface area contributed by atoms with Gasteiger partial charge in [0.05, 0.1) is 5.69 Å². The second kappa shape index (κ2) is 5.10. The van der Waals surface area contributed by atoms with Crippen LogP contribution in [-0.2, 0) is 0 Å². The molecule has 1 heterocycles. The van der Waals surface area contributed by atoms with E-state index in [1.807, 2.05) is 30.3 Å². The molecule has 0 fully saturated rings. The van der Waals surface area contributed by atoms with Crippen molar-refractivity contribution in [1.29, 1.82) is 0 Å². The number of nitrogens with one attached hydrogen (secondary N) is 1. The Morgan fingerprint density at radius 2 is 1.94 bits per heavy atom. The Kier molecular flexibility index (Phi) is 3.54. The molecule has 1 unspecified atom stereocenters. The zero-order valence-corrected chi connectivity index (χ0v) is 9.95. The van der Waals surface area contributed by atoms with Crippen molar-refractivity contribution in [3.63, 3.8) is 0 Å². The molecule has 88 valence electrons. The fraction of sp³-hybridized carbons (Fsp3) is 0.167. The molecule has 1 atom stereocenters. The molecule has 0 saturated carbocycles.